The molecule has 0 aromatic heterocycles. The molecule has 1 aliphatic rings. The van der Waals surface area contributed by atoms with Crippen molar-refractivity contribution in [1.82, 2.24) is 10.6 Å². The molecule has 1 aromatic carbocycles. The van der Waals surface area contributed by atoms with E-state index in [1.165, 1.54) is 12.8 Å². The highest BCUT2D eigenvalue weighted by Crippen LogP contribution is 2.23. The van der Waals surface area contributed by atoms with E-state index >= 15 is 0 Å². The number of carbonyl (C=O) groups is 1. The SMILES string of the molecule is O=C(NCC1CCCCN1)c1ccc(Br)c(Cl)c1. The van der Waals surface area contributed by atoms with Gasteiger partial charge in [0, 0.05) is 22.6 Å². The molecule has 0 saturated carbocycles. The second-order valence-corrected chi connectivity index (χ2v) is 5.75. The number of nitrogens with one attached hydrogen (secondary N) is 2. The number of carbonyl (C=O) groups excluding carboxylic acids is 1. The van der Waals surface area contributed by atoms with Crippen LogP contribution >= 0.6 is 27.5 Å². The monoisotopic (exact) mass is 330 g/mol. The van der Waals surface area contributed by atoms with Gasteiger partial charge < -0.3 is 10.6 Å². The van der Waals surface area contributed by atoms with Gasteiger partial charge in [-0.15, -0.1) is 0 Å². The van der Waals surface area contributed by atoms with Crippen molar-refractivity contribution in [2.75, 3.05) is 13.1 Å². The number of rotatable bonds is 3. The van der Waals surface area contributed by atoms with Crippen molar-refractivity contribution in [2.45, 2.75) is 25.3 Å². The van der Waals surface area contributed by atoms with Crippen molar-refractivity contribution in [3.05, 3.63) is 33.3 Å². The summed E-state index contributed by atoms with van der Waals surface area (Å²) in [6, 6.07) is 5.62. The van der Waals surface area contributed by atoms with Gasteiger partial charge in [-0.1, -0.05) is 18.0 Å². The third-order valence-electron chi connectivity index (χ3n) is 3.10. The highest BCUT2D eigenvalue weighted by Gasteiger charge is 2.14. The molecule has 1 saturated heterocycles. The average Bonchev–Trinajstić information content (AvgIpc) is 2.40. The lowest BCUT2D eigenvalue weighted by atomic mass is 10.1. The molecule has 18 heavy (non-hydrogen) atoms. The molecule has 0 aliphatic carbocycles. The Hall–Kier alpha value is -0.580. The van der Waals surface area contributed by atoms with Crippen LogP contribution in [0.1, 0.15) is 29.6 Å². The Bertz CT molecular complexity index is 433. The van der Waals surface area contributed by atoms with Crippen molar-refractivity contribution in [3.8, 4) is 0 Å². The summed E-state index contributed by atoms with van der Waals surface area (Å²) in [7, 11) is 0. The van der Waals surface area contributed by atoms with Crippen molar-refractivity contribution < 1.29 is 4.79 Å². The minimum atomic E-state index is -0.0724. The molecule has 1 aliphatic heterocycles. The zero-order valence-electron chi connectivity index (χ0n) is 10.0. The fourth-order valence-corrected chi connectivity index (χ4v) is 2.48. The molecule has 1 unspecified atom stereocenters. The predicted molar refractivity (Wildman–Crippen MR) is 77.1 cm³/mol. The lowest BCUT2D eigenvalue weighted by Crippen LogP contribution is -2.43. The van der Waals surface area contributed by atoms with Crippen LogP contribution in [-0.2, 0) is 0 Å². The van der Waals surface area contributed by atoms with Crippen LogP contribution in [0, 0.1) is 0 Å². The van der Waals surface area contributed by atoms with E-state index in [1.54, 1.807) is 18.2 Å². The van der Waals surface area contributed by atoms with Crippen LogP contribution in [0.4, 0.5) is 0 Å². The maximum atomic E-state index is 11.9. The number of amides is 1. The zero-order chi connectivity index (χ0) is 13.0. The summed E-state index contributed by atoms with van der Waals surface area (Å²) >= 11 is 9.27. The van der Waals surface area contributed by atoms with Crippen molar-refractivity contribution >= 4 is 33.4 Å². The van der Waals surface area contributed by atoms with Gasteiger partial charge in [-0.05, 0) is 53.5 Å². The van der Waals surface area contributed by atoms with Gasteiger partial charge in [0.05, 0.1) is 5.02 Å². The number of hydrogen-bond donors (Lipinski definition) is 2. The smallest absolute Gasteiger partial charge is 0.251 e. The van der Waals surface area contributed by atoms with Gasteiger partial charge >= 0.3 is 0 Å². The Morgan fingerprint density at radius 1 is 1.50 bits per heavy atom. The summed E-state index contributed by atoms with van der Waals surface area (Å²) in [5.74, 6) is -0.0724. The zero-order valence-corrected chi connectivity index (χ0v) is 12.4. The molecular formula is C13H16BrClN2O. The van der Waals surface area contributed by atoms with Crippen molar-refractivity contribution in [2.24, 2.45) is 0 Å². The molecule has 0 bridgehead atoms. The molecular weight excluding hydrogens is 316 g/mol. The van der Waals surface area contributed by atoms with Crippen LogP contribution in [0.5, 0.6) is 0 Å². The van der Waals surface area contributed by atoms with E-state index in [4.69, 9.17) is 11.6 Å². The number of hydrogen-bond acceptors (Lipinski definition) is 2. The van der Waals surface area contributed by atoms with Gasteiger partial charge in [0.1, 0.15) is 0 Å². The summed E-state index contributed by atoms with van der Waals surface area (Å²) < 4.78 is 0.801. The molecule has 1 aromatic rings. The van der Waals surface area contributed by atoms with Gasteiger partial charge in [-0.25, -0.2) is 0 Å². The fourth-order valence-electron chi connectivity index (χ4n) is 2.05. The Kier molecular flexibility index (Phi) is 5.03. The third kappa shape index (κ3) is 3.70. The maximum Gasteiger partial charge on any atom is 0.251 e. The number of piperidine rings is 1. The molecule has 98 valence electrons. The van der Waals surface area contributed by atoms with Crippen molar-refractivity contribution in [1.29, 1.82) is 0 Å². The van der Waals surface area contributed by atoms with Crippen LogP contribution in [0.15, 0.2) is 22.7 Å². The van der Waals surface area contributed by atoms with E-state index in [0.717, 1.165) is 17.4 Å². The Balaban J connectivity index is 1.88. The maximum absolute atomic E-state index is 11.9. The fraction of sp³-hybridized carbons (Fsp3) is 0.462. The normalized spacial score (nSPS) is 19.6. The largest absolute Gasteiger partial charge is 0.350 e. The molecule has 1 atom stereocenters. The first-order chi connectivity index (χ1) is 8.66. The first kappa shape index (κ1) is 13.8. The van der Waals surface area contributed by atoms with Gasteiger partial charge in [-0.3, -0.25) is 4.79 Å². The molecule has 2 N–H and O–H groups in total. The molecule has 0 radical (unpaired) electrons. The van der Waals surface area contributed by atoms with E-state index in [-0.39, 0.29) is 5.91 Å². The van der Waals surface area contributed by atoms with E-state index < -0.39 is 0 Å². The highest BCUT2D eigenvalue weighted by molar-refractivity contribution is 9.10. The second-order valence-electron chi connectivity index (χ2n) is 4.49. The van der Waals surface area contributed by atoms with E-state index in [2.05, 4.69) is 26.6 Å². The molecule has 0 spiro atoms. The van der Waals surface area contributed by atoms with Gasteiger partial charge in [0.15, 0.2) is 0 Å². The van der Waals surface area contributed by atoms with Crippen LogP contribution in [0.25, 0.3) is 0 Å². The highest BCUT2D eigenvalue weighted by atomic mass is 79.9. The predicted octanol–water partition coefficient (Wildman–Crippen LogP) is 2.97. The van der Waals surface area contributed by atoms with E-state index in [1.807, 2.05) is 0 Å². The Labute approximate surface area is 120 Å². The summed E-state index contributed by atoms with van der Waals surface area (Å²) in [5, 5.41) is 6.89. The number of benzene rings is 1. The third-order valence-corrected chi connectivity index (χ3v) is 4.34. The second kappa shape index (κ2) is 6.55. The summed E-state index contributed by atoms with van der Waals surface area (Å²) in [5.41, 5.74) is 0.596. The number of halogens is 2. The minimum Gasteiger partial charge on any atom is -0.350 e. The molecule has 1 heterocycles. The topological polar surface area (TPSA) is 41.1 Å². The molecule has 2 rings (SSSR count). The lowest BCUT2D eigenvalue weighted by Gasteiger charge is -2.23. The average molecular weight is 332 g/mol. The molecule has 3 nitrogen and oxygen atoms in total. The van der Waals surface area contributed by atoms with Crippen LogP contribution in [0.2, 0.25) is 5.02 Å². The molecule has 5 heteroatoms. The molecule has 1 amide bonds. The van der Waals surface area contributed by atoms with Gasteiger partial charge in [0.2, 0.25) is 0 Å². The standard InChI is InChI=1S/C13H16BrClN2O/c14-11-5-4-9(7-12(11)15)13(18)17-8-10-3-1-2-6-16-10/h4-5,7,10,16H,1-3,6,8H2,(H,17,18). The molecule has 1 fully saturated rings. The van der Waals surface area contributed by atoms with Crippen LogP contribution in [0.3, 0.4) is 0 Å². The summed E-state index contributed by atoms with van der Waals surface area (Å²) in [6.07, 6.45) is 3.59. The quantitative estimate of drug-likeness (QED) is 0.894. The summed E-state index contributed by atoms with van der Waals surface area (Å²) in [4.78, 5) is 11.9. The van der Waals surface area contributed by atoms with Crippen LogP contribution in [-0.4, -0.2) is 25.0 Å². The lowest BCUT2D eigenvalue weighted by molar-refractivity contribution is 0.0947. The van der Waals surface area contributed by atoms with Crippen molar-refractivity contribution in [3.63, 3.8) is 0 Å². The van der Waals surface area contributed by atoms with Gasteiger partial charge in [-0.2, -0.15) is 0 Å². The Morgan fingerprint density at radius 3 is 3.00 bits per heavy atom. The first-order valence-corrected chi connectivity index (χ1v) is 7.30. The van der Waals surface area contributed by atoms with E-state index in [9.17, 15) is 4.79 Å². The first-order valence-electron chi connectivity index (χ1n) is 6.13. The Morgan fingerprint density at radius 2 is 2.33 bits per heavy atom. The van der Waals surface area contributed by atoms with Crippen LogP contribution < -0.4 is 10.6 Å². The minimum absolute atomic E-state index is 0.0724. The van der Waals surface area contributed by atoms with E-state index in [0.29, 0.717) is 23.2 Å². The summed E-state index contributed by atoms with van der Waals surface area (Å²) in [6.45, 7) is 1.72. The van der Waals surface area contributed by atoms with Gasteiger partial charge in [0.25, 0.3) is 5.91 Å².